The average Bonchev–Trinajstić information content (AvgIpc) is 2.67. The van der Waals surface area contributed by atoms with Crippen molar-refractivity contribution in [1.29, 1.82) is 0 Å². The molecule has 27 heavy (non-hydrogen) atoms. The van der Waals surface area contributed by atoms with Gasteiger partial charge in [0.2, 0.25) is 15.8 Å². The van der Waals surface area contributed by atoms with Gasteiger partial charge in [-0.1, -0.05) is 30.3 Å². The number of allylic oxidation sites excluding steroid dienone is 1. The number of sulfonamides is 1. The minimum absolute atomic E-state index is 0.0412. The van der Waals surface area contributed by atoms with Gasteiger partial charge in [-0.15, -0.1) is 0 Å². The van der Waals surface area contributed by atoms with Crippen molar-refractivity contribution < 1.29 is 22.7 Å². The molecule has 0 unspecified atom stereocenters. The van der Waals surface area contributed by atoms with Crippen LogP contribution in [-0.2, 0) is 30.0 Å². The average molecular weight is 394 g/mol. The van der Waals surface area contributed by atoms with Gasteiger partial charge in [-0.3, -0.25) is 4.79 Å². The van der Waals surface area contributed by atoms with Crippen LogP contribution in [0.2, 0.25) is 0 Å². The van der Waals surface area contributed by atoms with Crippen LogP contribution in [0.15, 0.2) is 41.9 Å². The van der Waals surface area contributed by atoms with E-state index in [0.29, 0.717) is 38.6 Å². The summed E-state index contributed by atoms with van der Waals surface area (Å²) in [6, 6.07) is 9.09. The molecule has 7 nitrogen and oxygen atoms in total. The molecule has 1 aromatic carbocycles. The number of nitrogens with zero attached hydrogens (tertiary/aromatic N) is 1. The Balaban J connectivity index is 1.54. The van der Waals surface area contributed by atoms with Crippen LogP contribution >= 0.6 is 0 Å². The molecule has 1 N–H and O–H groups in total. The number of hydrogen-bond donors (Lipinski definition) is 1. The maximum Gasteiger partial charge on any atom is 0.292 e. The first-order valence-corrected chi connectivity index (χ1v) is 10.9. The second-order valence-corrected chi connectivity index (χ2v) is 8.74. The zero-order chi connectivity index (χ0) is 19.3. The van der Waals surface area contributed by atoms with Gasteiger partial charge >= 0.3 is 0 Å². The van der Waals surface area contributed by atoms with Crippen LogP contribution in [0.5, 0.6) is 0 Å². The van der Waals surface area contributed by atoms with Gasteiger partial charge in [0.1, 0.15) is 19.0 Å². The van der Waals surface area contributed by atoms with Gasteiger partial charge in [-0.05, 0) is 31.2 Å². The van der Waals surface area contributed by atoms with Crippen molar-refractivity contribution in [3.05, 3.63) is 47.4 Å². The first-order chi connectivity index (χ1) is 12.9. The summed E-state index contributed by atoms with van der Waals surface area (Å²) in [5.41, 5.74) is 0.752. The largest absolute Gasteiger partial charge is 0.491 e. The van der Waals surface area contributed by atoms with E-state index in [1.807, 2.05) is 18.2 Å². The molecule has 3 rings (SSSR count). The minimum Gasteiger partial charge on any atom is -0.491 e. The topological polar surface area (TPSA) is 84.9 Å². The highest BCUT2D eigenvalue weighted by molar-refractivity contribution is 7.88. The lowest BCUT2D eigenvalue weighted by molar-refractivity contribution is -0.134. The molecular weight excluding hydrogens is 368 g/mol. The van der Waals surface area contributed by atoms with Crippen LogP contribution < -0.4 is 4.72 Å². The summed E-state index contributed by atoms with van der Waals surface area (Å²) in [6.45, 7) is 4.03. The predicted molar refractivity (Wildman–Crippen MR) is 101 cm³/mol. The Labute approximate surface area is 160 Å². The molecule has 1 amide bonds. The Bertz CT molecular complexity index is 792. The number of piperidine rings is 1. The lowest BCUT2D eigenvalue weighted by Crippen LogP contribution is -2.45. The fourth-order valence-electron chi connectivity index (χ4n) is 3.37. The lowest BCUT2D eigenvalue weighted by Gasteiger charge is -2.34. The van der Waals surface area contributed by atoms with Crippen LogP contribution in [0, 0.1) is 5.92 Å². The van der Waals surface area contributed by atoms with Gasteiger partial charge in [0.25, 0.3) is 5.91 Å². The standard InChI is InChI=1S/C19H26N2O5S/c1-15-18(26-11-10-25-15)19(22)21-9-5-8-17(13-21)12-20-27(23,24)14-16-6-3-2-4-7-16/h2-4,6-7,17,20H,5,8-14H2,1H3/t17-/m1/s1. The molecular formula is C19H26N2O5S. The van der Waals surface area contributed by atoms with E-state index in [1.165, 1.54) is 0 Å². The van der Waals surface area contributed by atoms with E-state index in [-0.39, 0.29) is 23.3 Å². The number of hydrogen-bond acceptors (Lipinski definition) is 5. The fourth-order valence-corrected chi connectivity index (χ4v) is 4.59. The van der Waals surface area contributed by atoms with Crippen LogP contribution in [0.1, 0.15) is 25.3 Å². The maximum atomic E-state index is 12.7. The first-order valence-electron chi connectivity index (χ1n) is 9.21. The summed E-state index contributed by atoms with van der Waals surface area (Å²) in [5.74, 6) is 0.645. The third kappa shape index (κ3) is 5.46. The Morgan fingerprint density at radius 3 is 2.70 bits per heavy atom. The lowest BCUT2D eigenvalue weighted by atomic mass is 9.98. The van der Waals surface area contributed by atoms with Gasteiger partial charge in [0.15, 0.2) is 0 Å². The van der Waals surface area contributed by atoms with Crippen molar-refractivity contribution in [2.75, 3.05) is 32.8 Å². The van der Waals surface area contributed by atoms with Gasteiger partial charge in [0.05, 0.1) is 5.75 Å². The van der Waals surface area contributed by atoms with Gasteiger partial charge < -0.3 is 14.4 Å². The number of rotatable bonds is 6. The van der Waals surface area contributed by atoms with Crippen LogP contribution in [0.4, 0.5) is 0 Å². The van der Waals surface area contributed by atoms with Gasteiger partial charge in [-0.2, -0.15) is 0 Å². The van der Waals surface area contributed by atoms with Crippen molar-refractivity contribution in [3.8, 4) is 0 Å². The maximum absolute atomic E-state index is 12.7. The number of ether oxygens (including phenoxy) is 2. The molecule has 2 aliphatic rings. The summed E-state index contributed by atoms with van der Waals surface area (Å²) in [7, 11) is -3.41. The molecule has 2 aliphatic heterocycles. The van der Waals surface area contributed by atoms with Crippen molar-refractivity contribution in [2.45, 2.75) is 25.5 Å². The summed E-state index contributed by atoms with van der Waals surface area (Å²) in [5, 5.41) is 0. The van der Waals surface area contributed by atoms with E-state index in [1.54, 1.807) is 24.0 Å². The molecule has 1 fully saturated rings. The Kier molecular flexibility index (Phi) is 6.38. The normalized spacial score (nSPS) is 20.8. The molecule has 0 spiro atoms. The number of nitrogens with one attached hydrogen (secondary N) is 1. The van der Waals surface area contributed by atoms with E-state index in [9.17, 15) is 13.2 Å². The highest BCUT2D eigenvalue weighted by Crippen LogP contribution is 2.21. The zero-order valence-electron chi connectivity index (χ0n) is 15.5. The first kappa shape index (κ1) is 19.7. The van der Waals surface area contributed by atoms with E-state index in [0.717, 1.165) is 18.4 Å². The molecule has 0 aromatic heterocycles. The highest BCUT2D eigenvalue weighted by Gasteiger charge is 2.30. The Hall–Kier alpha value is -2.06. The highest BCUT2D eigenvalue weighted by atomic mass is 32.2. The van der Waals surface area contributed by atoms with Crippen molar-refractivity contribution in [1.82, 2.24) is 9.62 Å². The third-order valence-corrected chi connectivity index (χ3v) is 6.08. The Morgan fingerprint density at radius 2 is 1.96 bits per heavy atom. The monoisotopic (exact) mass is 394 g/mol. The molecule has 1 atom stereocenters. The van der Waals surface area contributed by atoms with E-state index in [2.05, 4.69) is 4.72 Å². The number of amides is 1. The van der Waals surface area contributed by atoms with Gasteiger partial charge in [-0.25, -0.2) is 13.1 Å². The Morgan fingerprint density at radius 1 is 1.22 bits per heavy atom. The summed E-state index contributed by atoms with van der Waals surface area (Å²) in [4.78, 5) is 14.4. The number of benzene rings is 1. The molecule has 8 heteroatoms. The quantitative estimate of drug-likeness (QED) is 0.793. The van der Waals surface area contributed by atoms with Gasteiger partial charge in [0, 0.05) is 19.6 Å². The molecule has 148 valence electrons. The van der Waals surface area contributed by atoms with E-state index >= 15 is 0 Å². The fraction of sp³-hybridized carbons (Fsp3) is 0.526. The second-order valence-electron chi connectivity index (χ2n) is 6.93. The predicted octanol–water partition coefficient (Wildman–Crippen LogP) is 1.62. The molecule has 2 heterocycles. The second kappa shape index (κ2) is 8.75. The molecule has 1 aromatic rings. The smallest absolute Gasteiger partial charge is 0.292 e. The third-order valence-electron chi connectivity index (χ3n) is 4.76. The van der Waals surface area contributed by atoms with Crippen molar-refractivity contribution in [2.24, 2.45) is 5.92 Å². The van der Waals surface area contributed by atoms with Crippen LogP contribution in [0.3, 0.4) is 0 Å². The van der Waals surface area contributed by atoms with E-state index in [4.69, 9.17) is 9.47 Å². The van der Waals surface area contributed by atoms with Crippen LogP contribution in [0.25, 0.3) is 0 Å². The summed E-state index contributed by atoms with van der Waals surface area (Å²) < 4.78 is 38.2. The summed E-state index contributed by atoms with van der Waals surface area (Å²) >= 11 is 0. The summed E-state index contributed by atoms with van der Waals surface area (Å²) in [6.07, 6.45) is 1.72. The SMILES string of the molecule is CC1=C(C(=O)N2CCC[C@H](CNS(=O)(=O)Cc3ccccc3)C2)OCCO1. The number of carbonyl (C=O) groups is 1. The molecule has 1 saturated heterocycles. The molecule has 0 saturated carbocycles. The zero-order valence-corrected chi connectivity index (χ0v) is 16.3. The minimum atomic E-state index is -3.41. The molecule has 0 aliphatic carbocycles. The van der Waals surface area contributed by atoms with Crippen molar-refractivity contribution >= 4 is 15.9 Å². The number of likely N-dealkylation sites (tertiary alicyclic amines) is 1. The van der Waals surface area contributed by atoms with Crippen LogP contribution in [-0.4, -0.2) is 52.1 Å². The molecule has 0 radical (unpaired) electrons. The molecule has 0 bridgehead atoms. The van der Waals surface area contributed by atoms with E-state index < -0.39 is 10.0 Å². The number of carbonyl (C=O) groups excluding carboxylic acids is 1. The van der Waals surface area contributed by atoms with Crippen molar-refractivity contribution in [3.63, 3.8) is 0 Å².